The largest absolute Gasteiger partial charge is 0.314 e. The lowest BCUT2D eigenvalue weighted by atomic mass is 9.81. The van der Waals surface area contributed by atoms with Crippen molar-refractivity contribution in [2.24, 2.45) is 5.92 Å². The van der Waals surface area contributed by atoms with E-state index in [-0.39, 0.29) is 11.8 Å². The normalized spacial score (nSPS) is 18.1. The number of rotatable bonds is 4. The van der Waals surface area contributed by atoms with Gasteiger partial charge < -0.3 is 4.90 Å². The van der Waals surface area contributed by atoms with Gasteiger partial charge in [0.1, 0.15) is 0 Å². The molecule has 2 unspecified atom stereocenters. The standard InChI is InChI=1S/C21H25NO/c1-4-5-10-15(2)20-18-13-7-6-11-16(18)17-12-8-9-14-19(17)22(3)21(20)23/h6-9,11-15,20H,4-5,10H2,1-3H3. The number of benzene rings is 2. The highest BCUT2D eigenvalue weighted by molar-refractivity contribution is 6.05. The van der Waals surface area contributed by atoms with Crippen molar-refractivity contribution in [3.63, 3.8) is 0 Å². The van der Waals surface area contributed by atoms with Crippen LogP contribution in [0.5, 0.6) is 0 Å². The number of carbonyl (C=O) groups excluding carboxylic acids is 1. The van der Waals surface area contributed by atoms with Gasteiger partial charge >= 0.3 is 0 Å². The topological polar surface area (TPSA) is 20.3 Å². The number of amides is 1. The highest BCUT2D eigenvalue weighted by atomic mass is 16.2. The van der Waals surface area contributed by atoms with Crippen molar-refractivity contribution in [3.8, 4) is 11.1 Å². The smallest absolute Gasteiger partial charge is 0.234 e. The molecule has 2 atom stereocenters. The van der Waals surface area contributed by atoms with Gasteiger partial charge in [-0.1, -0.05) is 69.2 Å². The SMILES string of the molecule is CCCCC(C)C1C(=O)N(C)c2ccccc2-c2ccccc21. The Labute approximate surface area is 139 Å². The minimum atomic E-state index is -0.0600. The molecule has 0 N–H and O–H groups in total. The molecule has 2 heteroatoms. The number of nitrogens with zero attached hydrogens (tertiary/aromatic N) is 1. The number of fused-ring (bicyclic) bond motifs is 3. The summed E-state index contributed by atoms with van der Waals surface area (Å²) < 4.78 is 0. The molecule has 1 heterocycles. The first-order valence-corrected chi connectivity index (χ1v) is 8.61. The van der Waals surface area contributed by atoms with Crippen LogP contribution >= 0.6 is 0 Å². The van der Waals surface area contributed by atoms with Gasteiger partial charge in [-0.2, -0.15) is 0 Å². The molecule has 0 saturated heterocycles. The van der Waals surface area contributed by atoms with E-state index in [4.69, 9.17) is 0 Å². The van der Waals surface area contributed by atoms with E-state index in [0.29, 0.717) is 5.92 Å². The molecule has 3 rings (SSSR count). The van der Waals surface area contributed by atoms with Crippen molar-refractivity contribution in [3.05, 3.63) is 54.1 Å². The Kier molecular flexibility index (Phi) is 4.51. The minimum absolute atomic E-state index is 0.0600. The summed E-state index contributed by atoms with van der Waals surface area (Å²) in [6, 6.07) is 16.6. The fraction of sp³-hybridized carbons (Fsp3) is 0.381. The zero-order valence-electron chi connectivity index (χ0n) is 14.3. The van der Waals surface area contributed by atoms with Crippen molar-refractivity contribution < 1.29 is 4.79 Å². The third kappa shape index (κ3) is 2.78. The van der Waals surface area contributed by atoms with Crippen LogP contribution in [0.15, 0.2) is 48.5 Å². The van der Waals surface area contributed by atoms with Crippen LogP contribution in [0, 0.1) is 5.92 Å². The summed E-state index contributed by atoms with van der Waals surface area (Å²) in [7, 11) is 1.91. The van der Waals surface area contributed by atoms with Crippen LogP contribution in [0.4, 0.5) is 5.69 Å². The van der Waals surface area contributed by atoms with E-state index in [1.165, 1.54) is 24.0 Å². The van der Waals surface area contributed by atoms with E-state index >= 15 is 0 Å². The summed E-state index contributed by atoms with van der Waals surface area (Å²) >= 11 is 0. The van der Waals surface area contributed by atoms with Crippen molar-refractivity contribution in [1.29, 1.82) is 0 Å². The fourth-order valence-corrected chi connectivity index (χ4v) is 3.71. The lowest BCUT2D eigenvalue weighted by Gasteiger charge is -2.26. The maximum absolute atomic E-state index is 13.2. The average Bonchev–Trinajstić information content (AvgIpc) is 2.68. The van der Waals surface area contributed by atoms with Gasteiger partial charge in [-0.25, -0.2) is 0 Å². The van der Waals surface area contributed by atoms with E-state index in [2.05, 4.69) is 50.2 Å². The lowest BCUT2D eigenvalue weighted by Crippen LogP contribution is -2.33. The molecular formula is C21H25NO. The van der Waals surface area contributed by atoms with Crippen LogP contribution in [0.25, 0.3) is 11.1 Å². The molecule has 0 saturated carbocycles. The number of unbranched alkanes of at least 4 members (excludes halogenated alkanes) is 1. The molecule has 0 aromatic heterocycles. The Morgan fingerprint density at radius 2 is 1.70 bits per heavy atom. The predicted molar refractivity (Wildman–Crippen MR) is 96.7 cm³/mol. The number of hydrogen-bond donors (Lipinski definition) is 0. The quantitative estimate of drug-likeness (QED) is 0.756. The van der Waals surface area contributed by atoms with Gasteiger partial charge in [0.15, 0.2) is 0 Å². The van der Waals surface area contributed by atoms with Crippen LogP contribution in [0.1, 0.15) is 44.6 Å². The maximum atomic E-state index is 13.2. The first-order valence-electron chi connectivity index (χ1n) is 8.61. The Morgan fingerprint density at radius 1 is 1.04 bits per heavy atom. The maximum Gasteiger partial charge on any atom is 0.234 e. The second-order valence-corrected chi connectivity index (χ2v) is 6.60. The molecule has 0 radical (unpaired) electrons. The third-order valence-corrected chi connectivity index (χ3v) is 5.03. The summed E-state index contributed by atoms with van der Waals surface area (Å²) in [6.07, 6.45) is 3.43. The molecule has 0 aliphatic carbocycles. The molecule has 1 aliphatic rings. The Morgan fingerprint density at radius 3 is 2.43 bits per heavy atom. The molecule has 2 nitrogen and oxygen atoms in total. The third-order valence-electron chi connectivity index (χ3n) is 5.03. The molecule has 120 valence electrons. The predicted octanol–water partition coefficient (Wildman–Crippen LogP) is 5.24. The van der Waals surface area contributed by atoms with Crippen molar-refractivity contribution in [1.82, 2.24) is 0 Å². The van der Waals surface area contributed by atoms with E-state index < -0.39 is 0 Å². The van der Waals surface area contributed by atoms with Crippen molar-refractivity contribution >= 4 is 11.6 Å². The monoisotopic (exact) mass is 307 g/mol. The lowest BCUT2D eigenvalue weighted by molar-refractivity contribution is -0.120. The Hall–Kier alpha value is -2.09. The molecule has 1 amide bonds. The van der Waals surface area contributed by atoms with Crippen LogP contribution < -0.4 is 4.90 Å². The van der Waals surface area contributed by atoms with Gasteiger partial charge in [0.05, 0.1) is 11.6 Å². The highest BCUT2D eigenvalue weighted by Crippen LogP contribution is 2.43. The summed E-state index contributed by atoms with van der Waals surface area (Å²) in [5.74, 6) is 0.501. The van der Waals surface area contributed by atoms with Crippen LogP contribution in [-0.2, 0) is 4.79 Å². The van der Waals surface area contributed by atoms with Crippen LogP contribution in [0.3, 0.4) is 0 Å². The molecule has 23 heavy (non-hydrogen) atoms. The van der Waals surface area contributed by atoms with Crippen molar-refractivity contribution in [2.75, 3.05) is 11.9 Å². The zero-order valence-corrected chi connectivity index (χ0v) is 14.3. The molecule has 0 spiro atoms. The van der Waals surface area contributed by atoms with Crippen LogP contribution in [-0.4, -0.2) is 13.0 Å². The molecule has 2 aromatic rings. The van der Waals surface area contributed by atoms with Crippen molar-refractivity contribution in [2.45, 2.75) is 39.0 Å². The average molecular weight is 307 g/mol. The molecular weight excluding hydrogens is 282 g/mol. The van der Waals surface area contributed by atoms with E-state index in [1.807, 2.05) is 24.1 Å². The van der Waals surface area contributed by atoms with Gasteiger partial charge in [-0.05, 0) is 29.5 Å². The molecule has 0 bridgehead atoms. The Balaban J connectivity index is 2.15. The molecule has 2 aromatic carbocycles. The Bertz CT molecular complexity index is 706. The summed E-state index contributed by atoms with van der Waals surface area (Å²) in [5, 5.41) is 0. The van der Waals surface area contributed by atoms with Gasteiger partial charge in [0, 0.05) is 12.6 Å². The number of para-hydroxylation sites is 1. The number of likely N-dealkylation sites (N-methyl/N-ethyl adjacent to an activating group) is 1. The van der Waals surface area contributed by atoms with Gasteiger partial charge in [-0.15, -0.1) is 0 Å². The van der Waals surface area contributed by atoms with Gasteiger partial charge in [0.25, 0.3) is 0 Å². The summed E-state index contributed by atoms with van der Waals surface area (Å²) in [4.78, 5) is 15.1. The van der Waals surface area contributed by atoms with Gasteiger partial charge in [-0.3, -0.25) is 4.79 Å². The first-order chi connectivity index (χ1) is 11.1. The zero-order chi connectivity index (χ0) is 16.4. The van der Waals surface area contributed by atoms with E-state index in [1.54, 1.807) is 0 Å². The summed E-state index contributed by atoms with van der Waals surface area (Å²) in [6.45, 7) is 4.43. The first kappa shape index (κ1) is 15.8. The second kappa shape index (κ2) is 6.57. The van der Waals surface area contributed by atoms with Crippen LogP contribution in [0.2, 0.25) is 0 Å². The van der Waals surface area contributed by atoms with E-state index in [9.17, 15) is 4.79 Å². The minimum Gasteiger partial charge on any atom is -0.314 e. The van der Waals surface area contributed by atoms with E-state index in [0.717, 1.165) is 17.7 Å². The summed E-state index contributed by atoms with van der Waals surface area (Å²) in [5.41, 5.74) is 4.55. The fourth-order valence-electron chi connectivity index (χ4n) is 3.71. The number of carbonyl (C=O) groups is 1. The number of anilines is 1. The van der Waals surface area contributed by atoms with Gasteiger partial charge in [0.2, 0.25) is 5.91 Å². The number of hydrogen-bond acceptors (Lipinski definition) is 1. The second-order valence-electron chi connectivity index (χ2n) is 6.60. The highest BCUT2D eigenvalue weighted by Gasteiger charge is 2.35. The molecule has 1 aliphatic heterocycles. The molecule has 0 fully saturated rings.